The van der Waals surface area contributed by atoms with E-state index in [1.807, 2.05) is 42.5 Å². The van der Waals surface area contributed by atoms with Crippen molar-refractivity contribution < 1.29 is 13.2 Å². The summed E-state index contributed by atoms with van der Waals surface area (Å²) >= 11 is 0. The van der Waals surface area contributed by atoms with Crippen molar-refractivity contribution in [2.45, 2.75) is 24.8 Å². The molecule has 22 heavy (non-hydrogen) atoms. The van der Waals surface area contributed by atoms with Crippen LogP contribution in [0.15, 0.2) is 54.6 Å². The molecular formula is C17H17NO3S. The molecule has 0 spiro atoms. The van der Waals surface area contributed by atoms with Gasteiger partial charge in [0.1, 0.15) is 6.29 Å². The van der Waals surface area contributed by atoms with Crippen molar-refractivity contribution in [2.75, 3.05) is 0 Å². The Labute approximate surface area is 130 Å². The molecule has 0 radical (unpaired) electrons. The molecule has 0 amide bonds. The van der Waals surface area contributed by atoms with Crippen LogP contribution in [0.4, 0.5) is 0 Å². The fourth-order valence-corrected chi connectivity index (χ4v) is 4.46. The molecule has 0 aromatic heterocycles. The van der Waals surface area contributed by atoms with Crippen molar-refractivity contribution in [2.24, 2.45) is 0 Å². The first-order chi connectivity index (χ1) is 10.6. The molecule has 0 aliphatic carbocycles. The van der Waals surface area contributed by atoms with Crippen LogP contribution >= 0.6 is 0 Å². The third-order valence-corrected chi connectivity index (χ3v) is 5.76. The maximum absolute atomic E-state index is 12.7. The second kappa shape index (κ2) is 6.02. The van der Waals surface area contributed by atoms with Crippen LogP contribution in [0, 0.1) is 0 Å². The second-order valence-electron chi connectivity index (χ2n) is 5.46. The van der Waals surface area contributed by atoms with Gasteiger partial charge in [-0.3, -0.25) is 0 Å². The largest absolute Gasteiger partial charge is 0.302 e. The molecule has 0 saturated heterocycles. The fraction of sp³-hybridized carbons (Fsp3) is 0.235. The Kier molecular flexibility index (Phi) is 4.09. The fourth-order valence-electron chi connectivity index (χ4n) is 2.81. The van der Waals surface area contributed by atoms with E-state index in [4.69, 9.17) is 0 Å². The highest BCUT2D eigenvalue weighted by Gasteiger charge is 2.34. The zero-order valence-electron chi connectivity index (χ0n) is 12.1. The lowest BCUT2D eigenvalue weighted by Gasteiger charge is -2.32. The van der Waals surface area contributed by atoms with E-state index in [1.54, 1.807) is 12.1 Å². The number of nitrogens with zero attached hydrogens (tertiary/aromatic N) is 1. The summed E-state index contributed by atoms with van der Waals surface area (Å²) in [6, 6.07) is 16.1. The first kappa shape index (κ1) is 14.9. The Balaban J connectivity index is 1.91. The molecule has 3 rings (SSSR count). The Morgan fingerprint density at radius 3 is 2.32 bits per heavy atom. The van der Waals surface area contributed by atoms with Crippen LogP contribution in [-0.2, 0) is 33.5 Å². The standard InChI is InChI=1S/C17H17NO3S/c19-12-17-10-15-8-4-5-9-16(15)11-18(17)22(20,21)13-14-6-2-1-3-7-14/h1-9,12,17H,10-11,13H2/t17-/m0/s1. The summed E-state index contributed by atoms with van der Waals surface area (Å²) in [7, 11) is -3.54. The van der Waals surface area contributed by atoms with E-state index in [9.17, 15) is 13.2 Å². The number of aldehydes is 1. The SMILES string of the molecule is O=C[C@@H]1Cc2ccccc2CN1S(=O)(=O)Cc1ccccc1. The van der Waals surface area contributed by atoms with Gasteiger partial charge in [-0.2, -0.15) is 4.31 Å². The monoisotopic (exact) mass is 315 g/mol. The molecular weight excluding hydrogens is 298 g/mol. The van der Waals surface area contributed by atoms with Crippen molar-refractivity contribution in [3.63, 3.8) is 0 Å². The predicted octanol–water partition coefficient (Wildman–Crippen LogP) is 2.14. The average molecular weight is 315 g/mol. The minimum absolute atomic E-state index is 0.0830. The number of sulfonamides is 1. The maximum atomic E-state index is 12.7. The molecule has 1 heterocycles. The highest BCUT2D eigenvalue weighted by molar-refractivity contribution is 7.88. The van der Waals surface area contributed by atoms with Crippen LogP contribution in [0.2, 0.25) is 0 Å². The topological polar surface area (TPSA) is 54.5 Å². The molecule has 0 unspecified atom stereocenters. The summed E-state index contributed by atoms with van der Waals surface area (Å²) in [5, 5.41) is 0. The second-order valence-corrected chi connectivity index (χ2v) is 7.38. The van der Waals surface area contributed by atoms with Crippen molar-refractivity contribution in [3.05, 3.63) is 71.3 Å². The van der Waals surface area contributed by atoms with E-state index in [-0.39, 0.29) is 12.3 Å². The quantitative estimate of drug-likeness (QED) is 0.812. The Bertz CT molecular complexity index is 772. The molecule has 2 aromatic carbocycles. The molecule has 0 bridgehead atoms. The Morgan fingerprint density at radius 1 is 1.00 bits per heavy atom. The van der Waals surface area contributed by atoms with Gasteiger partial charge in [0.2, 0.25) is 10.0 Å². The molecule has 1 aliphatic heterocycles. The Morgan fingerprint density at radius 2 is 1.64 bits per heavy atom. The van der Waals surface area contributed by atoms with E-state index < -0.39 is 16.1 Å². The zero-order chi connectivity index (χ0) is 15.6. The van der Waals surface area contributed by atoms with Gasteiger partial charge in [0.25, 0.3) is 0 Å². The van der Waals surface area contributed by atoms with Crippen LogP contribution in [0.3, 0.4) is 0 Å². The smallest absolute Gasteiger partial charge is 0.219 e. The number of carbonyl (C=O) groups is 1. The van der Waals surface area contributed by atoms with Crippen molar-refractivity contribution in [1.29, 1.82) is 0 Å². The van der Waals surface area contributed by atoms with Crippen molar-refractivity contribution >= 4 is 16.3 Å². The number of benzene rings is 2. The van der Waals surface area contributed by atoms with E-state index in [1.165, 1.54) is 4.31 Å². The van der Waals surface area contributed by atoms with Crippen LogP contribution < -0.4 is 0 Å². The number of hydrogen-bond donors (Lipinski definition) is 0. The molecule has 0 fully saturated rings. The van der Waals surface area contributed by atoms with Gasteiger partial charge < -0.3 is 4.79 Å². The predicted molar refractivity (Wildman–Crippen MR) is 84.6 cm³/mol. The highest BCUT2D eigenvalue weighted by atomic mass is 32.2. The van der Waals surface area contributed by atoms with Gasteiger partial charge in [0.15, 0.2) is 0 Å². The lowest BCUT2D eigenvalue weighted by Crippen LogP contribution is -2.45. The van der Waals surface area contributed by atoms with Gasteiger partial charge in [0, 0.05) is 6.54 Å². The van der Waals surface area contributed by atoms with Gasteiger partial charge in [0.05, 0.1) is 11.8 Å². The summed E-state index contributed by atoms with van der Waals surface area (Å²) in [6.07, 6.45) is 1.17. The van der Waals surface area contributed by atoms with E-state index in [2.05, 4.69) is 0 Å². The minimum Gasteiger partial charge on any atom is -0.302 e. The summed E-state index contributed by atoms with van der Waals surface area (Å²) in [5.41, 5.74) is 2.74. The summed E-state index contributed by atoms with van der Waals surface area (Å²) in [6.45, 7) is 0.259. The third-order valence-electron chi connectivity index (χ3n) is 3.95. The minimum atomic E-state index is -3.54. The first-order valence-electron chi connectivity index (χ1n) is 7.15. The van der Waals surface area contributed by atoms with Gasteiger partial charge in [-0.25, -0.2) is 8.42 Å². The van der Waals surface area contributed by atoms with E-state index in [0.29, 0.717) is 6.42 Å². The summed E-state index contributed by atoms with van der Waals surface area (Å²) in [4.78, 5) is 11.4. The average Bonchev–Trinajstić information content (AvgIpc) is 2.54. The van der Waals surface area contributed by atoms with Crippen LogP contribution in [0.1, 0.15) is 16.7 Å². The first-order valence-corrected chi connectivity index (χ1v) is 8.76. The van der Waals surface area contributed by atoms with Crippen LogP contribution in [-0.4, -0.2) is 25.1 Å². The molecule has 2 aromatic rings. The molecule has 5 heteroatoms. The zero-order valence-corrected chi connectivity index (χ0v) is 12.9. The number of fused-ring (bicyclic) bond motifs is 1. The Hall–Kier alpha value is -1.98. The number of rotatable bonds is 4. The number of hydrogen-bond acceptors (Lipinski definition) is 3. The van der Waals surface area contributed by atoms with E-state index >= 15 is 0 Å². The van der Waals surface area contributed by atoms with Gasteiger partial charge in [-0.15, -0.1) is 0 Å². The van der Waals surface area contributed by atoms with Gasteiger partial charge in [-0.1, -0.05) is 54.6 Å². The van der Waals surface area contributed by atoms with Gasteiger partial charge in [-0.05, 0) is 23.1 Å². The molecule has 114 valence electrons. The molecule has 0 saturated carbocycles. The molecule has 4 nitrogen and oxygen atoms in total. The van der Waals surface area contributed by atoms with Crippen LogP contribution in [0.25, 0.3) is 0 Å². The maximum Gasteiger partial charge on any atom is 0.219 e. The lowest BCUT2D eigenvalue weighted by atomic mass is 9.97. The lowest BCUT2D eigenvalue weighted by molar-refractivity contribution is -0.111. The van der Waals surface area contributed by atoms with Crippen molar-refractivity contribution in [3.8, 4) is 0 Å². The normalized spacial score (nSPS) is 18.6. The number of carbonyl (C=O) groups excluding carboxylic acids is 1. The van der Waals surface area contributed by atoms with Crippen LogP contribution in [0.5, 0.6) is 0 Å². The summed E-state index contributed by atoms with van der Waals surface area (Å²) in [5.74, 6) is -0.0830. The van der Waals surface area contributed by atoms with E-state index in [0.717, 1.165) is 23.0 Å². The van der Waals surface area contributed by atoms with Gasteiger partial charge >= 0.3 is 0 Å². The molecule has 1 aliphatic rings. The molecule has 0 N–H and O–H groups in total. The van der Waals surface area contributed by atoms with Crippen molar-refractivity contribution in [1.82, 2.24) is 4.31 Å². The molecule has 1 atom stereocenters. The summed E-state index contributed by atoms with van der Waals surface area (Å²) < 4.78 is 26.7. The highest BCUT2D eigenvalue weighted by Crippen LogP contribution is 2.26. The third kappa shape index (κ3) is 2.96.